The molecule has 1 N–H and O–H groups in total. The first kappa shape index (κ1) is 15.1. The van der Waals surface area contributed by atoms with E-state index in [9.17, 15) is 0 Å². The number of aliphatic hydroxyl groups excluding tert-OH is 1. The topological polar surface area (TPSA) is 35.9 Å². The summed E-state index contributed by atoms with van der Waals surface area (Å²) in [6, 6.07) is 0.725. The van der Waals surface area contributed by atoms with Crippen molar-refractivity contribution in [3.05, 3.63) is 0 Å². The molecule has 5 heteroatoms. The van der Waals surface area contributed by atoms with Gasteiger partial charge in [0.25, 0.3) is 0 Å². The first-order valence-corrected chi connectivity index (χ1v) is 9.26. The molecule has 116 valence electrons. The predicted molar refractivity (Wildman–Crippen MR) is 83.4 cm³/mol. The van der Waals surface area contributed by atoms with E-state index in [4.69, 9.17) is 9.84 Å². The van der Waals surface area contributed by atoms with E-state index in [1.165, 1.54) is 37.2 Å². The predicted octanol–water partition coefficient (Wildman–Crippen LogP) is 1.04. The Morgan fingerprint density at radius 1 is 1.15 bits per heavy atom. The third-order valence-corrected chi connectivity index (χ3v) is 6.20. The van der Waals surface area contributed by atoms with E-state index in [0.29, 0.717) is 0 Å². The van der Waals surface area contributed by atoms with Gasteiger partial charge in [-0.3, -0.25) is 9.80 Å². The lowest BCUT2D eigenvalue weighted by Crippen LogP contribution is -2.55. The van der Waals surface area contributed by atoms with Crippen LogP contribution >= 0.6 is 11.8 Å². The van der Waals surface area contributed by atoms with Gasteiger partial charge in [0.1, 0.15) is 0 Å². The zero-order chi connectivity index (χ0) is 13.8. The highest BCUT2D eigenvalue weighted by atomic mass is 32.2. The second-order valence-electron chi connectivity index (χ2n) is 6.39. The van der Waals surface area contributed by atoms with Crippen molar-refractivity contribution in [2.75, 3.05) is 57.4 Å². The highest BCUT2D eigenvalue weighted by Gasteiger charge is 2.40. The molecular weight excluding hydrogens is 272 g/mol. The number of rotatable bonds is 3. The minimum absolute atomic E-state index is 0.205. The molecule has 3 heterocycles. The van der Waals surface area contributed by atoms with Crippen LogP contribution in [0.25, 0.3) is 0 Å². The Balaban J connectivity index is 1.52. The molecule has 0 aromatic heterocycles. The first-order chi connectivity index (χ1) is 9.81. The van der Waals surface area contributed by atoms with Crippen molar-refractivity contribution >= 4 is 11.8 Å². The minimum atomic E-state index is 0.205. The van der Waals surface area contributed by atoms with Gasteiger partial charge in [-0.15, -0.1) is 0 Å². The Hall–Kier alpha value is 0.190. The number of nitrogens with zero attached hydrogens (tertiary/aromatic N) is 2. The lowest BCUT2D eigenvalue weighted by Gasteiger charge is -2.48. The van der Waals surface area contributed by atoms with E-state index in [0.717, 1.165) is 45.4 Å². The fraction of sp³-hybridized carbons (Fsp3) is 1.00. The molecule has 0 aromatic carbocycles. The number of aliphatic hydroxyl groups is 1. The van der Waals surface area contributed by atoms with Crippen LogP contribution in [0.4, 0.5) is 0 Å². The number of ether oxygens (including phenoxy) is 1. The summed E-state index contributed by atoms with van der Waals surface area (Å²) in [6.07, 6.45) is 4.94. The fourth-order valence-corrected chi connectivity index (χ4v) is 5.14. The normalized spacial score (nSPS) is 32.5. The van der Waals surface area contributed by atoms with Gasteiger partial charge in [-0.2, -0.15) is 11.8 Å². The number of hydrogen-bond acceptors (Lipinski definition) is 5. The van der Waals surface area contributed by atoms with Crippen LogP contribution in [-0.4, -0.2) is 84.0 Å². The highest BCUT2D eigenvalue weighted by Crippen LogP contribution is 2.39. The maximum Gasteiger partial charge on any atom is 0.0713 e. The van der Waals surface area contributed by atoms with Crippen LogP contribution in [0.15, 0.2) is 0 Å². The zero-order valence-electron chi connectivity index (χ0n) is 12.4. The van der Waals surface area contributed by atoms with Crippen molar-refractivity contribution in [1.29, 1.82) is 0 Å². The summed E-state index contributed by atoms with van der Waals surface area (Å²) in [7, 11) is 0. The summed E-state index contributed by atoms with van der Waals surface area (Å²) in [5, 5.41) is 9.03. The SMILES string of the molecule is OCCN1CCN(C2CCOC3(CCSCC3)C2)CC1. The Kier molecular flexibility index (Phi) is 5.26. The van der Waals surface area contributed by atoms with Crippen LogP contribution in [0.1, 0.15) is 25.7 Å². The molecule has 3 aliphatic rings. The molecular formula is C15H28N2O2S. The van der Waals surface area contributed by atoms with Gasteiger partial charge in [0.2, 0.25) is 0 Å². The number of β-amino-alcohol motifs (C(OH)–C–C–N with tert-alkyl or cyclic N) is 1. The van der Waals surface area contributed by atoms with E-state index < -0.39 is 0 Å². The fourth-order valence-electron chi connectivity index (χ4n) is 3.90. The van der Waals surface area contributed by atoms with E-state index >= 15 is 0 Å². The van der Waals surface area contributed by atoms with Crippen LogP contribution in [-0.2, 0) is 4.74 Å². The average Bonchev–Trinajstić information content (AvgIpc) is 2.49. The Labute approximate surface area is 126 Å². The van der Waals surface area contributed by atoms with Crippen molar-refractivity contribution in [3.63, 3.8) is 0 Å². The molecule has 0 amide bonds. The molecule has 0 bridgehead atoms. The van der Waals surface area contributed by atoms with Crippen LogP contribution in [0.5, 0.6) is 0 Å². The van der Waals surface area contributed by atoms with Gasteiger partial charge in [-0.1, -0.05) is 0 Å². The lowest BCUT2D eigenvalue weighted by atomic mass is 9.84. The van der Waals surface area contributed by atoms with Crippen LogP contribution < -0.4 is 0 Å². The van der Waals surface area contributed by atoms with E-state index in [1.807, 2.05) is 0 Å². The maximum atomic E-state index is 9.03. The molecule has 3 fully saturated rings. The number of piperazine rings is 1. The van der Waals surface area contributed by atoms with Crippen LogP contribution in [0.3, 0.4) is 0 Å². The van der Waals surface area contributed by atoms with Crippen LogP contribution in [0, 0.1) is 0 Å². The van der Waals surface area contributed by atoms with Gasteiger partial charge in [-0.25, -0.2) is 0 Å². The summed E-state index contributed by atoms with van der Waals surface area (Å²) >= 11 is 2.08. The molecule has 4 nitrogen and oxygen atoms in total. The summed E-state index contributed by atoms with van der Waals surface area (Å²) in [6.45, 7) is 6.62. The van der Waals surface area contributed by atoms with E-state index in [2.05, 4.69) is 21.6 Å². The molecule has 0 aliphatic carbocycles. The van der Waals surface area contributed by atoms with Crippen LogP contribution in [0.2, 0.25) is 0 Å². The second kappa shape index (κ2) is 6.97. The monoisotopic (exact) mass is 300 g/mol. The second-order valence-corrected chi connectivity index (χ2v) is 7.62. The Morgan fingerprint density at radius 3 is 2.60 bits per heavy atom. The summed E-state index contributed by atoms with van der Waals surface area (Å²) in [4.78, 5) is 5.06. The molecule has 0 aromatic rings. The minimum Gasteiger partial charge on any atom is -0.395 e. The standard InChI is InChI=1S/C15H28N2O2S/c18-9-8-16-4-6-17(7-5-16)14-1-10-19-15(13-14)2-11-20-12-3-15/h14,18H,1-13H2. The molecule has 3 rings (SSSR count). The van der Waals surface area contributed by atoms with Gasteiger partial charge in [0.15, 0.2) is 0 Å². The quantitative estimate of drug-likeness (QED) is 0.843. The van der Waals surface area contributed by atoms with Gasteiger partial charge in [0, 0.05) is 45.4 Å². The van der Waals surface area contributed by atoms with Crippen molar-refractivity contribution < 1.29 is 9.84 Å². The van der Waals surface area contributed by atoms with E-state index in [-0.39, 0.29) is 12.2 Å². The number of thioether (sulfide) groups is 1. The largest absolute Gasteiger partial charge is 0.395 e. The Bertz CT molecular complexity index is 297. The van der Waals surface area contributed by atoms with Crippen molar-refractivity contribution in [1.82, 2.24) is 9.80 Å². The first-order valence-electron chi connectivity index (χ1n) is 8.10. The summed E-state index contributed by atoms with van der Waals surface area (Å²) < 4.78 is 6.20. The van der Waals surface area contributed by atoms with E-state index in [1.54, 1.807) is 0 Å². The molecule has 0 saturated carbocycles. The smallest absolute Gasteiger partial charge is 0.0713 e. The van der Waals surface area contributed by atoms with Gasteiger partial charge in [0.05, 0.1) is 12.2 Å². The third-order valence-electron chi connectivity index (χ3n) is 5.21. The molecule has 1 atom stereocenters. The van der Waals surface area contributed by atoms with Crippen molar-refractivity contribution in [2.24, 2.45) is 0 Å². The Morgan fingerprint density at radius 2 is 1.90 bits per heavy atom. The molecule has 3 aliphatic heterocycles. The maximum absolute atomic E-state index is 9.03. The molecule has 1 unspecified atom stereocenters. The molecule has 3 saturated heterocycles. The highest BCUT2D eigenvalue weighted by molar-refractivity contribution is 7.99. The van der Waals surface area contributed by atoms with Crippen molar-refractivity contribution in [2.45, 2.75) is 37.3 Å². The lowest BCUT2D eigenvalue weighted by molar-refractivity contribution is -0.114. The summed E-state index contributed by atoms with van der Waals surface area (Å²) in [5.74, 6) is 2.55. The number of hydrogen-bond donors (Lipinski definition) is 1. The average molecular weight is 300 g/mol. The molecule has 0 radical (unpaired) electrons. The molecule has 1 spiro atoms. The molecule has 20 heavy (non-hydrogen) atoms. The third kappa shape index (κ3) is 3.50. The summed E-state index contributed by atoms with van der Waals surface area (Å²) in [5.41, 5.74) is 0.205. The van der Waals surface area contributed by atoms with Gasteiger partial charge >= 0.3 is 0 Å². The van der Waals surface area contributed by atoms with Crippen molar-refractivity contribution in [3.8, 4) is 0 Å². The van der Waals surface area contributed by atoms with Gasteiger partial charge < -0.3 is 9.84 Å². The zero-order valence-corrected chi connectivity index (χ0v) is 13.2. The van der Waals surface area contributed by atoms with Gasteiger partial charge in [-0.05, 0) is 37.2 Å².